The number of benzene rings is 3. The number of hydrogen-bond donors (Lipinski definition) is 2. The summed E-state index contributed by atoms with van der Waals surface area (Å²) in [5.41, 5.74) is 2.29. The van der Waals surface area contributed by atoms with Gasteiger partial charge < -0.3 is 15.3 Å². The van der Waals surface area contributed by atoms with Crippen molar-refractivity contribution in [1.82, 2.24) is 9.88 Å². The Balaban J connectivity index is 1.71. The van der Waals surface area contributed by atoms with Crippen LogP contribution in [-0.2, 0) is 4.79 Å². The number of carbonyl (C=O) groups excluding carboxylic acids is 2. The van der Waals surface area contributed by atoms with Gasteiger partial charge >= 0.3 is 12.0 Å². The molecule has 2 N–H and O–H groups in total. The molecule has 0 saturated carbocycles. The highest BCUT2D eigenvalue weighted by Gasteiger charge is 2.57. The first kappa shape index (κ1) is 26.7. The van der Waals surface area contributed by atoms with Gasteiger partial charge in [-0.25, -0.2) is 18.4 Å². The number of rotatable bonds is 6. The standard InChI is InChI=1S/C31H25F2N3O4/c1-18-4-2-5-20(16-18)29(37)26-25(19-7-9-22(32)10-8-19)28(30(38)39)36(27(26)21-6-3-15-34-17-21)31(40)35-24-13-11-23(33)12-14-24/h2-17,25-28H,1H3,(H,35,40)(H,38,39). The van der Waals surface area contributed by atoms with Crippen LogP contribution in [0.4, 0.5) is 19.3 Å². The summed E-state index contributed by atoms with van der Waals surface area (Å²) in [5.74, 6) is -4.82. The summed E-state index contributed by atoms with van der Waals surface area (Å²) >= 11 is 0. The molecule has 4 aromatic rings. The summed E-state index contributed by atoms with van der Waals surface area (Å²) in [5, 5.41) is 13.2. The summed E-state index contributed by atoms with van der Waals surface area (Å²) in [6, 6.07) is 17.2. The lowest BCUT2D eigenvalue weighted by Crippen LogP contribution is -2.45. The molecule has 1 aliphatic rings. The van der Waals surface area contributed by atoms with Gasteiger partial charge in [0.15, 0.2) is 5.78 Å². The number of amides is 2. The number of aliphatic carboxylic acids is 1. The van der Waals surface area contributed by atoms with Crippen LogP contribution in [0, 0.1) is 24.5 Å². The molecule has 9 heteroatoms. The van der Waals surface area contributed by atoms with Crippen LogP contribution in [0.1, 0.15) is 39.0 Å². The van der Waals surface area contributed by atoms with E-state index < -0.39 is 47.6 Å². The number of carbonyl (C=O) groups is 3. The summed E-state index contributed by atoms with van der Waals surface area (Å²) in [6.45, 7) is 1.84. The maximum Gasteiger partial charge on any atom is 0.327 e. The quantitative estimate of drug-likeness (QED) is 0.292. The maximum atomic E-state index is 14.3. The van der Waals surface area contributed by atoms with Crippen LogP contribution in [0.15, 0.2) is 97.3 Å². The summed E-state index contributed by atoms with van der Waals surface area (Å²) in [7, 11) is 0. The maximum absolute atomic E-state index is 14.3. The number of Topliss-reactive ketones (excluding diaryl/α,β-unsaturated/α-hetero) is 1. The lowest BCUT2D eigenvalue weighted by Gasteiger charge is -2.30. The minimum absolute atomic E-state index is 0.243. The van der Waals surface area contributed by atoms with E-state index in [2.05, 4.69) is 10.3 Å². The van der Waals surface area contributed by atoms with E-state index in [9.17, 15) is 28.3 Å². The average Bonchev–Trinajstić information content (AvgIpc) is 3.31. The molecule has 3 aromatic carbocycles. The molecule has 1 aliphatic heterocycles. The van der Waals surface area contributed by atoms with E-state index in [-0.39, 0.29) is 11.5 Å². The highest BCUT2D eigenvalue weighted by atomic mass is 19.1. The fourth-order valence-corrected chi connectivity index (χ4v) is 5.45. The molecule has 1 aromatic heterocycles. The van der Waals surface area contributed by atoms with Crippen molar-refractivity contribution >= 4 is 23.5 Å². The van der Waals surface area contributed by atoms with Crippen molar-refractivity contribution in [1.29, 1.82) is 0 Å². The van der Waals surface area contributed by atoms with Gasteiger partial charge in [0.25, 0.3) is 0 Å². The normalized spacial score (nSPS) is 20.2. The number of hydrogen-bond acceptors (Lipinski definition) is 4. The number of nitrogens with one attached hydrogen (secondary N) is 1. The van der Waals surface area contributed by atoms with Gasteiger partial charge in [0.05, 0.1) is 12.0 Å². The molecule has 40 heavy (non-hydrogen) atoms. The van der Waals surface area contributed by atoms with Crippen LogP contribution in [0.5, 0.6) is 0 Å². The van der Waals surface area contributed by atoms with Gasteiger partial charge in [0.2, 0.25) is 0 Å². The van der Waals surface area contributed by atoms with Crippen LogP contribution < -0.4 is 5.32 Å². The molecule has 7 nitrogen and oxygen atoms in total. The summed E-state index contributed by atoms with van der Waals surface area (Å²) in [4.78, 5) is 46.4. The largest absolute Gasteiger partial charge is 0.480 e. The van der Waals surface area contributed by atoms with Crippen LogP contribution in [0.25, 0.3) is 0 Å². The second-order valence-corrected chi connectivity index (χ2v) is 9.70. The first-order valence-electron chi connectivity index (χ1n) is 12.6. The lowest BCUT2D eigenvalue weighted by molar-refractivity contribution is -0.142. The molecular formula is C31H25F2N3O4. The Hall–Kier alpha value is -4.92. The molecule has 4 atom stereocenters. The molecule has 0 bridgehead atoms. The molecule has 0 aliphatic carbocycles. The van der Waals surface area contributed by atoms with Crippen molar-refractivity contribution in [2.24, 2.45) is 5.92 Å². The Labute approximate surface area is 229 Å². The third-order valence-corrected chi connectivity index (χ3v) is 7.14. The monoisotopic (exact) mass is 541 g/mol. The van der Waals surface area contributed by atoms with Crippen molar-refractivity contribution in [2.45, 2.75) is 24.9 Å². The van der Waals surface area contributed by atoms with Crippen molar-refractivity contribution in [3.8, 4) is 0 Å². The van der Waals surface area contributed by atoms with E-state index in [0.717, 1.165) is 22.6 Å². The van der Waals surface area contributed by atoms with E-state index in [1.807, 2.05) is 13.0 Å². The first-order valence-corrected chi connectivity index (χ1v) is 12.6. The fourth-order valence-electron chi connectivity index (χ4n) is 5.45. The van der Waals surface area contributed by atoms with Gasteiger partial charge in [0, 0.05) is 29.6 Å². The molecule has 0 radical (unpaired) electrons. The molecular weight excluding hydrogens is 516 g/mol. The van der Waals surface area contributed by atoms with E-state index in [1.165, 1.54) is 48.8 Å². The van der Waals surface area contributed by atoms with E-state index in [0.29, 0.717) is 16.7 Å². The summed E-state index contributed by atoms with van der Waals surface area (Å²) < 4.78 is 27.4. The fraction of sp³-hybridized carbons (Fsp3) is 0.161. The second kappa shape index (κ2) is 11.1. The van der Waals surface area contributed by atoms with Gasteiger partial charge in [-0.05, 0) is 66.6 Å². The van der Waals surface area contributed by atoms with Crippen molar-refractivity contribution in [3.05, 3.63) is 131 Å². The molecule has 4 unspecified atom stereocenters. The Kier molecular flexibility index (Phi) is 7.37. The number of aromatic nitrogens is 1. The number of nitrogens with zero attached hydrogens (tertiary/aromatic N) is 2. The van der Waals surface area contributed by atoms with Crippen molar-refractivity contribution in [2.75, 3.05) is 5.32 Å². The molecule has 1 saturated heterocycles. The smallest absolute Gasteiger partial charge is 0.327 e. The topological polar surface area (TPSA) is 99.6 Å². The molecule has 5 rings (SSSR count). The van der Waals surface area contributed by atoms with Gasteiger partial charge in [-0.2, -0.15) is 0 Å². The zero-order valence-corrected chi connectivity index (χ0v) is 21.4. The van der Waals surface area contributed by atoms with Crippen LogP contribution in [0.3, 0.4) is 0 Å². The third kappa shape index (κ3) is 5.18. The van der Waals surface area contributed by atoms with Crippen LogP contribution >= 0.6 is 0 Å². The van der Waals surface area contributed by atoms with Gasteiger partial charge in [0.1, 0.15) is 17.7 Å². The third-order valence-electron chi connectivity index (χ3n) is 7.14. The number of aryl methyl sites for hydroxylation is 1. The van der Waals surface area contributed by atoms with Crippen molar-refractivity contribution in [3.63, 3.8) is 0 Å². The number of carboxylic acids is 1. The lowest BCUT2D eigenvalue weighted by atomic mass is 9.76. The molecule has 2 heterocycles. The number of anilines is 1. The minimum Gasteiger partial charge on any atom is -0.480 e. The molecule has 202 valence electrons. The number of halogens is 2. The average molecular weight is 542 g/mol. The zero-order valence-electron chi connectivity index (χ0n) is 21.4. The minimum atomic E-state index is -1.50. The molecule has 0 spiro atoms. The number of likely N-dealkylation sites (tertiary alicyclic amines) is 1. The zero-order chi connectivity index (χ0) is 28.4. The number of ketones is 1. The van der Waals surface area contributed by atoms with Gasteiger partial charge in [-0.3, -0.25) is 9.78 Å². The highest BCUT2D eigenvalue weighted by molar-refractivity contribution is 6.02. The summed E-state index contributed by atoms with van der Waals surface area (Å²) in [6.07, 6.45) is 3.02. The number of pyridine rings is 1. The Morgan fingerprint density at radius 2 is 1.55 bits per heavy atom. The first-order chi connectivity index (χ1) is 19.2. The Morgan fingerprint density at radius 1 is 0.875 bits per heavy atom. The van der Waals surface area contributed by atoms with Crippen molar-refractivity contribution < 1.29 is 28.3 Å². The second-order valence-electron chi connectivity index (χ2n) is 9.70. The van der Waals surface area contributed by atoms with E-state index in [4.69, 9.17) is 0 Å². The number of urea groups is 1. The predicted octanol–water partition coefficient (Wildman–Crippen LogP) is 5.99. The predicted molar refractivity (Wildman–Crippen MR) is 144 cm³/mol. The SMILES string of the molecule is Cc1cccc(C(=O)C2C(c3ccc(F)cc3)C(C(=O)O)N(C(=O)Nc3ccc(F)cc3)C2c2cccnc2)c1. The van der Waals surface area contributed by atoms with Gasteiger partial charge in [-0.15, -0.1) is 0 Å². The Morgan fingerprint density at radius 3 is 2.15 bits per heavy atom. The van der Waals surface area contributed by atoms with Crippen LogP contribution in [-0.4, -0.2) is 38.8 Å². The Bertz CT molecular complexity index is 1550. The van der Waals surface area contributed by atoms with E-state index >= 15 is 0 Å². The van der Waals surface area contributed by atoms with Gasteiger partial charge in [-0.1, -0.05) is 42.0 Å². The van der Waals surface area contributed by atoms with Crippen LogP contribution in [0.2, 0.25) is 0 Å². The van der Waals surface area contributed by atoms with E-state index in [1.54, 1.807) is 30.3 Å². The highest BCUT2D eigenvalue weighted by Crippen LogP contribution is 2.51. The number of carboxylic acid groups (broad SMARTS) is 1. The molecule has 1 fully saturated rings. The molecule has 2 amide bonds.